The summed E-state index contributed by atoms with van der Waals surface area (Å²) < 4.78 is 5.82. The van der Waals surface area contributed by atoms with Crippen molar-refractivity contribution in [2.24, 2.45) is 4.99 Å². The van der Waals surface area contributed by atoms with Crippen molar-refractivity contribution in [1.29, 1.82) is 0 Å². The van der Waals surface area contributed by atoms with Crippen molar-refractivity contribution in [3.8, 4) is 5.75 Å². The summed E-state index contributed by atoms with van der Waals surface area (Å²) in [5, 5.41) is 10.7. The van der Waals surface area contributed by atoms with Gasteiger partial charge in [0, 0.05) is 22.2 Å². The molecule has 1 fully saturated rings. The third-order valence-electron chi connectivity index (χ3n) is 5.13. The van der Waals surface area contributed by atoms with Crippen molar-refractivity contribution >= 4 is 63.8 Å². The van der Waals surface area contributed by atoms with Gasteiger partial charge in [0.2, 0.25) is 0 Å². The van der Waals surface area contributed by atoms with Crippen LogP contribution >= 0.6 is 35.0 Å². The number of nitrogens with zero attached hydrogens (tertiary/aromatic N) is 2. The molecule has 178 valence electrons. The predicted molar refractivity (Wildman–Crippen MR) is 141 cm³/mol. The van der Waals surface area contributed by atoms with E-state index in [1.807, 2.05) is 43.3 Å². The number of carboxylic acids is 1. The van der Waals surface area contributed by atoms with Crippen LogP contribution < -0.4 is 4.74 Å². The first-order valence-corrected chi connectivity index (χ1v) is 12.2. The molecule has 35 heavy (non-hydrogen) atoms. The summed E-state index contributed by atoms with van der Waals surface area (Å²) in [6, 6.07) is 18.9. The van der Waals surface area contributed by atoms with E-state index in [2.05, 4.69) is 4.99 Å². The molecule has 3 aromatic rings. The third-order valence-corrected chi connectivity index (χ3v) is 6.72. The van der Waals surface area contributed by atoms with Gasteiger partial charge in [0.1, 0.15) is 12.4 Å². The summed E-state index contributed by atoms with van der Waals surface area (Å²) in [6.45, 7) is 2.66. The molecule has 0 atom stereocenters. The number of aliphatic imine (C=N–C) groups is 1. The zero-order valence-corrected chi connectivity index (χ0v) is 20.9. The van der Waals surface area contributed by atoms with E-state index in [1.54, 1.807) is 29.2 Å². The number of rotatable bonds is 7. The number of thioether (sulfide) groups is 1. The highest BCUT2D eigenvalue weighted by molar-refractivity contribution is 8.18. The topological polar surface area (TPSA) is 79.2 Å². The number of benzene rings is 3. The minimum atomic E-state index is -1.000. The number of halogens is 2. The Morgan fingerprint density at radius 1 is 1.09 bits per heavy atom. The highest BCUT2D eigenvalue weighted by Gasteiger charge is 2.32. The number of ether oxygens (including phenoxy) is 1. The van der Waals surface area contributed by atoms with Gasteiger partial charge in [-0.3, -0.25) is 9.69 Å². The van der Waals surface area contributed by atoms with Crippen molar-refractivity contribution in [3.63, 3.8) is 0 Å². The summed E-state index contributed by atoms with van der Waals surface area (Å²) in [5.41, 5.74) is 2.44. The second-order valence-electron chi connectivity index (χ2n) is 7.50. The molecule has 3 aromatic carbocycles. The van der Waals surface area contributed by atoms with Crippen molar-refractivity contribution in [2.45, 2.75) is 13.5 Å². The number of amidine groups is 1. The standard InChI is InChI=1S/C26H20Cl2N2O4S/c1-2-30-24(31)23(35-26(30)29-20-9-6-17(7-10-20)25(32)33)13-16-3-11-21(12-4-16)34-15-18-5-8-19(27)14-22(18)28/h3-14H,2,15H2,1H3,(H,32,33). The molecule has 4 rings (SSSR count). The van der Waals surface area contributed by atoms with Crippen LogP contribution in [0.5, 0.6) is 5.75 Å². The molecule has 9 heteroatoms. The first-order valence-electron chi connectivity index (χ1n) is 10.6. The summed E-state index contributed by atoms with van der Waals surface area (Å²) in [7, 11) is 0. The molecule has 1 aliphatic heterocycles. The zero-order valence-electron chi connectivity index (χ0n) is 18.6. The number of carboxylic acid groups (broad SMARTS) is 1. The lowest BCUT2D eigenvalue weighted by Crippen LogP contribution is -2.28. The lowest BCUT2D eigenvalue weighted by molar-refractivity contribution is -0.122. The average molecular weight is 527 g/mol. The minimum absolute atomic E-state index is 0.129. The maximum atomic E-state index is 12.9. The van der Waals surface area contributed by atoms with Gasteiger partial charge in [-0.1, -0.05) is 41.4 Å². The number of aromatic carboxylic acids is 1. The van der Waals surface area contributed by atoms with Crippen LogP contribution in [0.25, 0.3) is 6.08 Å². The number of carbonyl (C=O) groups excluding carboxylic acids is 1. The quantitative estimate of drug-likeness (QED) is 0.339. The maximum Gasteiger partial charge on any atom is 0.335 e. The molecule has 1 aliphatic rings. The van der Waals surface area contributed by atoms with E-state index in [4.69, 9.17) is 33.0 Å². The van der Waals surface area contributed by atoms with Crippen LogP contribution in [0.15, 0.2) is 76.6 Å². The summed E-state index contributed by atoms with van der Waals surface area (Å²) >= 11 is 13.4. The Morgan fingerprint density at radius 3 is 2.43 bits per heavy atom. The number of amides is 1. The Kier molecular flexibility index (Phi) is 7.80. The second kappa shape index (κ2) is 11.0. The lowest BCUT2D eigenvalue weighted by atomic mass is 10.2. The normalized spacial score (nSPS) is 15.7. The first-order chi connectivity index (χ1) is 16.8. The summed E-state index contributed by atoms with van der Waals surface area (Å²) in [5.74, 6) is -0.456. The highest BCUT2D eigenvalue weighted by Crippen LogP contribution is 2.34. The molecule has 0 spiro atoms. The average Bonchev–Trinajstić information content (AvgIpc) is 3.13. The van der Waals surface area contributed by atoms with Crippen LogP contribution in [-0.2, 0) is 11.4 Å². The molecular formula is C26H20Cl2N2O4S. The number of likely N-dealkylation sites (N-methyl/N-ethyl adjacent to an activating group) is 1. The molecule has 0 saturated carbocycles. The van der Waals surface area contributed by atoms with Gasteiger partial charge < -0.3 is 9.84 Å². The Bertz CT molecular complexity index is 1320. The van der Waals surface area contributed by atoms with Gasteiger partial charge in [-0.15, -0.1) is 0 Å². The van der Waals surface area contributed by atoms with Crippen LogP contribution in [0, 0.1) is 0 Å². The monoisotopic (exact) mass is 526 g/mol. The highest BCUT2D eigenvalue weighted by atomic mass is 35.5. The smallest absolute Gasteiger partial charge is 0.335 e. The van der Waals surface area contributed by atoms with Crippen molar-refractivity contribution in [3.05, 3.63) is 98.4 Å². The van der Waals surface area contributed by atoms with Crippen LogP contribution in [0.4, 0.5) is 5.69 Å². The minimum Gasteiger partial charge on any atom is -0.489 e. The number of hydrogen-bond donors (Lipinski definition) is 1. The van der Waals surface area contributed by atoms with E-state index in [9.17, 15) is 9.59 Å². The fourth-order valence-electron chi connectivity index (χ4n) is 3.27. The van der Waals surface area contributed by atoms with E-state index in [-0.39, 0.29) is 11.5 Å². The summed E-state index contributed by atoms with van der Waals surface area (Å²) in [4.78, 5) is 30.6. The Balaban J connectivity index is 1.46. The Hall–Kier alpha value is -3.26. The molecule has 1 saturated heterocycles. The van der Waals surface area contributed by atoms with Crippen molar-refractivity contribution < 1.29 is 19.4 Å². The molecule has 0 bridgehead atoms. The van der Waals surface area contributed by atoms with E-state index < -0.39 is 5.97 Å². The van der Waals surface area contributed by atoms with Crippen LogP contribution in [0.2, 0.25) is 10.0 Å². The SMILES string of the molecule is CCN1C(=O)C(=Cc2ccc(OCc3ccc(Cl)cc3Cl)cc2)SC1=Nc1ccc(C(=O)O)cc1. The fraction of sp³-hybridized carbons (Fsp3) is 0.115. The first kappa shape index (κ1) is 24.9. The van der Waals surface area contributed by atoms with Gasteiger partial charge in [-0.25, -0.2) is 9.79 Å². The molecule has 0 radical (unpaired) electrons. The molecule has 0 aliphatic carbocycles. The van der Waals surface area contributed by atoms with Crippen molar-refractivity contribution in [1.82, 2.24) is 4.90 Å². The fourth-order valence-corrected chi connectivity index (χ4v) is 4.80. The predicted octanol–water partition coefficient (Wildman–Crippen LogP) is 6.89. The maximum absolute atomic E-state index is 12.9. The van der Waals surface area contributed by atoms with Crippen LogP contribution in [0.3, 0.4) is 0 Å². The van der Waals surface area contributed by atoms with Gasteiger partial charge >= 0.3 is 5.97 Å². The summed E-state index contributed by atoms with van der Waals surface area (Å²) in [6.07, 6.45) is 1.81. The number of hydrogen-bond acceptors (Lipinski definition) is 5. The Morgan fingerprint density at radius 2 is 1.80 bits per heavy atom. The molecule has 0 unspecified atom stereocenters. The van der Waals surface area contributed by atoms with E-state index >= 15 is 0 Å². The Labute approximate surface area is 216 Å². The second-order valence-corrected chi connectivity index (χ2v) is 9.35. The molecule has 1 N–H and O–H groups in total. The molecule has 1 amide bonds. The molecule has 1 heterocycles. The van der Waals surface area contributed by atoms with Gasteiger partial charge in [0.15, 0.2) is 5.17 Å². The van der Waals surface area contributed by atoms with Gasteiger partial charge in [0.25, 0.3) is 5.91 Å². The van der Waals surface area contributed by atoms with Crippen LogP contribution in [-0.4, -0.2) is 33.6 Å². The molecule has 0 aromatic heterocycles. The zero-order chi connectivity index (χ0) is 24.9. The van der Waals surface area contributed by atoms with Gasteiger partial charge in [-0.05, 0) is 78.9 Å². The van der Waals surface area contributed by atoms with Gasteiger partial charge in [0.05, 0.1) is 16.2 Å². The largest absolute Gasteiger partial charge is 0.489 e. The van der Waals surface area contributed by atoms with E-state index in [1.165, 1.54) is 23.9 Å². The van der Waals surface area contributed by atoms with Gasteiger partial charge in [-0.2, -0.15) is 0 Å². The van der Waals surface area contributed by atoms with Crippen molar-refractivity contribution in [2.75, 3.05) is 6.54 Å². The molecule has 6 nitrogen and oxygen atoms in total. The molecular weight excluding hydrogens is 507 g/mol. The van der Waals surface area contributed by atoms with E-state index in [0.717, 1.165) is 11.1 Å². The van der Waals surface area contributed by atoms with E-state index in [0.29, 0.717) is 44.7 Å². The lowest BCUT2D eigenvalue weighted by Gasteiger charge is -2.12. The van der Waals surface area contributed by atoms with Crippen LogP contribution in [0.1, 0.15) is 28.4 Å². The number of carbonyl (C=O) groups is 2. The third kappa shape index (κ3) is 6.06.